The highest BCUT2D eigenvalue weighted by atomic mass is 35.5. The Morgan fingerprint density at radius 1 is 1.16 bits per heavy atom. The van der Waals surface area contributed by atoms with Crippen molar-refractivity contribution >= 4 is 46.7 Å². The molecule has 0 radical (unpaired) electrons. The molecule has 0 spiro atoms. The van der Waals surface area contributed by atoms with E-state index in [2.05, 4.69) is 15.6 Å². The molecule has 2 aromatic carbocycles. The highest BCUT2D eigenvalue weighted by Gasteiger charge is 2.32. The lowest BCUT2D eigenvalue weighted by Crippen LogP contribution is -2.50. The van der Waals surface area contributed by atoms with Crippen LogP contribution >= 0.6 is 23.2 Å². The number of hydrogen-bond acceptors (Lipinski definition) is 5. The lowest BCUT2D eigenvalue weighted by atomic mass is 9.82. The van der Waals surface area contributed by atoms with Crippen molar-refractivity contribution in [1.82, 2.24) is 19.9 Å². The van der Waals surface area contributed by atoms with Gasteiger partial charge in [0.1, 0.15) is 18.5 Å². The van der Waals surface area contributed by atoms with Gasteiger partial charge in [0.25, 0.3) is 0 Å². The number of benzene rings is 2. The van der Waals surface area contributed by atoms with Crippen LogP contribution in [0.4, 0.5) is 5.69 Å². The van der Waals surface area contributed by atoms with E-state index in [1.807, 2.05) is 58.0 Å². The number of aromatic nitrogens is 3. The van der Waals surface area contributed by atoms with Crippen LogP contribution in [0.5, 0.6) is 0 Å². The van der Waals surface area contributed by atoms with Crippen molar-refractivity contribution in [3.8, 4) is 5.69 Å². The van der Waals surface area contributed by atoms with Crippen LogP contribution in [0.25, 0.3) is 5.69 Å². The van der Waals surface area contributed by atoms with Crippen LogP contribution in [0.2, 0.25) is 5.15 Å². The minimum atomic E-state index is -1.30. The van der Waals surface area contributed by atoms with Crippen molar-refractivity contribution in [1.29, 1.82) is 0 Å². The van der Waals surface area contributed by atoms with E-state index < -0.39 is 36.3 Å². The zero-order valence-corrected chi connectivity index (χ0v) is 22.5. The molecule has 11 heteroatoms. The Balaban J connectivity index is 1.90. The van der Waals surface area contributed by atoms with Gasteiger partial charge < -0.3 is 15.3 Å². The fourth-order valence-electron chi connectivity index (χ4n) is 4.07. The van der Waals surface area contributed by atoms with E-state index in [1.165, 1.54) is 10.9 Å². The number of nitrogens with zero attached hydrogens (tertiary/aromatic N) is 4. The van der Waals surface area contributed by atoms with Gasteiger partial charge in [-0.1, -0.05) is 67.9 Å². The van der Waals surface area contributed by atoms with Crippen molar-refractivity contribution in [2.24, 2.45) is 0 Å². The molecule has 0 bridgehead atoms. The number of halogens is 2. The molecule has 1 unspecified atom stereocenters. The molecule has 0 saturated carbocycles. The minimum Gasteiger partial charge on any atom is -0.480 e. The number of carbonyl (C=O) groups is 3. The van der Waals surface area contributed by atoms with Gasteiger partial charge in [-0.15, -0.1) is 16.7 Å². The number of carboxylic acid groups (broad SMARTS) is 1. The van der Waals surface area contributed by atoms with Crippen molar-refractivity contribution in [3.63, 3.8) is 0 Å². The summed E-state index contributed by atoms with van der Waals surface area (Å²) in [6.45, 7) is 7.42. The first-order chi connectivity index (χ1) is 17.4. The van der Waals surface area contributed by atoms with Crippen LogP contribution in [-0.4, -0.2) is 61.3 Å². The first kappa shape index (κ1) is 28.1. The second-order valence-corrected chi connectivity index (χ2v) is 10.3. The van der Waals surface area contributed by atoms with Gasteiger partial charge in [-0.25, -0.2) is 9.48 Å². The average Bonchev–Trinajstić information content (AvgIpc) is 3.26. The predicted molar refractivity (Wildman–Crippen MR) is 142 cm³/mol. The SMILES string of the molecule is Cc1ccc(-n2cc(Cl)nn2)c(NC(=O)CN(C(=O)CCl)C(Cc2ccccc2C(C)(C)C)C(=O)O)c1. The molecule has 9 nitrogen and oxygen atoms in total. The lowest BCUT2D eigenvalue weighted by molar-refractivity contribution is -0.150. The monoisotopic (exact) mass is 545 g/mol. The largest absolute Gasteiger partial charge is 0.480 e. The summed E-state index contributed by atoms with van der Waals surface area (Å²) >= 11 is 11.7. The third-order valence-electron chi connectivity index (χ3n) is 5.79. The molecule has 0 fully saturated rings. The number of carboxylic acids is 1. The van der Waals surface area contributed by atoms with Gasteiger partial charge >= 0.3 is 5.97 Å². The number of amides is 2. The third-order valence-corrected chi connectivity index (χ3v) is 6.19. The van der Waals surface area contributed by atoms with Crippen LogP contribution in [0.1, 0.15) is 37.5 Å². The Morgan fingerprint density at radius 3 is 2.46 bits per heavy atom. The quantitative estimate of drug-likeness (QED) is 0.388. The van der Waals surface area contributed by atoms with Crippen LogP contribution in [0, 0.1) is 6.92 Å². The minimum absolute atomic E-state index is 0.0197. The summed E-state index contributed by atoms with van der Waals surface area (Å²) in [4.78, 5) is 39.3. The Bertz CT molecular complexity index is 1300. The number of alkyl halides is 1. The van der Waals surface area contributed by atoms with Crippen molar-refractivity contribution in [2.45, 2.75) is 45.6 Å². The summed E-state index contributed by atoms with van der Waals surface area (Å²) in [5.41, 5.74) is 3.25. The Hall–Kier alpha value is -3.43. The molecule has 37 heavy (non-hydrogen) atoms. The van der Waals surface area contributed by atoms with Gasteiger partial charge in [0.15, 0.2) is 5.15 Å². The van der Waals surface area contributed by atoms with Gasteiger partial charge in [-0.05, 0) is 41.2 Å². The summed E-state index contributed by atoms with van der Waals surface area (Å²) in [5, 5.41) is 20.7. The molecule has 1 aromatic heterocycles. The van der Waals surface area contributed by atoms with E-state index in [-0.39, 0.29) is 17.0 Å². The molecule has 0 aliphatic carbocycles. The normalized spacial score (nSPS) is 12.2. The predicted octanol–water partition coefficient (Wildman–Crippen LogP) is 4.23. The fraction of sp³-hybridized carbons (Fsp3) is 0.346. The molecule has 2 N–H and O–H groups in total. The maximum atomic E-state index is 13.1. The maximum Gasteiger partial charge on any atom is 0.326 e. The molecule has 0 aliphatic heterocycles. The van der Waals surface area contributed by atoms with E-state index in [0.717, 1.165) is 21.6 Å². The van der Waals surface area contributed by atoms with E-state index in [4.69, 9.17) is 23.2 Å². The van der Waals surface area contributed by atoms with E-state index >= 15 is 0 Å². The fourth-order valence-corrected chi connectivity index (χ4v) is 4.35. The summed E-state index contributed by atoms with van der Waals surface area (Å²) < 4.78 is 1.41. The molecular formula is C26H29Cl2N5O4. The molecule has 2 amide bonds. The Labute approximate surface area is 225 Å². The van der Waals surface area contributed by atoms with E-state index in [9.17, 15) is 19.5 Å². The van der Waals surface area contributed by atoms with Crippen LogP contribution in [-0.2, 0) is 26.2 Å². The summed E-state index contributed by atoms with van der Waals surface area (Å²) in [6.07, 6.45) is 1.50. The van der Waals surface area contributed by atoms with Gasteiger partial charge in [0, 0.05) is 6.42 Å². The topological polar surface area (TPSA) is 117 Å². The number of rotatable bonds is 9. The van der Waals surface area contributed by atoms with Crippen LogP contribution in [0.3, 0.4) is 0 Å². The first-order valence-corrected chi connectivity index (χ1v) is 12.5. The second-order valence-electron chi connectivity index (χ2n) is 9.68. The van der Waals surface area contributed by atoms with Crippen molar-refractivity contribution < 1.29 is 19.5 Å². The van der Waals surface area contributed by atoms with Gasteiger partial charge in [0.2, 0.25) is 11.8 Å². The molecule has 1 heterocycles. The number of aliphatic carboxylic acids is 1. The molecule has 1 atom stereocenters. The third kappa shape index (κ3) is 7.08. The number of aryl methyl sites for hydroxylation is 1. The van der Waals surface area contributed by atoms with E-state index in [0.29, 0.717) is 11.4 Å². The zero-order valence-electron chi connectivity index (χ0n) is 21.0. The first-order valence-electron chi connectivity index (χ1n) is 11.6. The van der Waals surface area contributed by atoms with Gasteiger partial charge in [0.05, 0.1) is 17.6 Å². The smallest absolute Gasteiger partial charge is 0.326 e. The lowest BCUT2D eigenvalue weighted by Gasteiger charge is -2.30. The number of carbonyl (C=O) groups excluding carboxylic acids is 2. The summed E-state index contributed by atoms with van der Waals surface area (Å²) in [5.74, 6) is -2.95. The Kier molecular flexibility index (Phi) is 8.94. The second kappa shape index (κ2) is 11.7. The van der Waals surface area contributed by atoms with Crippen molar-refractivity contribution in [3.05, 3.63) is 70.5 Å². The summed E-state index contributed by atoms with van der Waals surface area (Å²) in [7, 11) is 0. The number of hydrogen-bond donors (Lipinski definition) is 2. The maximum absolute atomic E-state index is 13.1. The summed E-state index contributed by atoms with van der Waals surface area (Å²) in [6, 6.07) is 11.5. The number of nitrogens with one attached hydrogen (secondary N) is 1. The molecule has 196 valence electrons. The van der Waals surface area contributed by atoms with Crippen LogP contribution < -0.4 is 5.32 Å². The van der Waals surface area contributed by atoms with E-state index in [1.54, 1.807) is 12.1 Å². The molecule has 0 aliphatic rings. The highest BCUT2D eigenvalue weighted by molar-refractivity contribution is 6.29. The molecule has 3 aromatic rings. The van der Waals surface area contributed by atoms with Gasteiger partial charge in [-0.3, -0.25) is 9.59 Å². The van der Waals surface area contributed by atoms with Gasteiger partial charge in [-0.2, -0.15) is 0 Å². The molecule has 3 rings (SSSR count). The molecular weight excluding hydrogens is 517 g/mol. The Morgan fingerprint density at radius 2 is 1.86 bits per heavy atom. The zero-order chi connectivity index (χ0) is 27.3. The highest BCUT2D eigenvalue weighted by Crippen LogP contribution is 2.28. The molecule has 0 saturated heterocycles. The van der Waals surface area contributed by atoms with Crippen molar-refractivity contribution in [2.75, 3.05) is 17.7 Å². The standard InChI is InChI=1S/C26H29Cl2N5O4/c1-16-9-10-20(33-14-22(28)30-31-33)19(11-16)29-23(34)15-32(24(35)13-27)21(25(36)37)12-17-7-5-6-8-18(17)26(2,3)4/h5-11,14,21H,12-13,15H2,1-4H3,(H,29,34)(H,36,37). The van der Waals surface area contributed by atoms with Crippen LogP contribution in [0.15, 0.2) is 48.7 Å². The average molecular weight is 546 g/mol. The number of anilines is 1.